The Balaban J connectivity index is 1.18. The fraction of sp³-hybridized carbons (Fsp3) is 0.400. The Bertz CT molecular complexity index is 1260. The number of fused-ring (bicyclic) bond motifs is 7. The number of H-pyrrole nitrogens is 1. The molecule has 160 valence electrons. The Kier molecular flexibility index (Phi) is 4.56. The van der Waals surface area contributed by atoms with Crippen LogP contribution in [0.5, 0.6) is 0 Å². The third-order valence-corrected chi connectivity index (χ3v) is 7.14. The van der Waals surface area contributed by atoms with Gasteiger partial charge < -0.3 is 9.51 Å². The molecule has 0 aliphatic carbocycles. The molecular weight excluding hydrogens is 396 g/mol. The first-order chi connectivity index (χ1) is 15.2. The monoisotopic (exact) mass is 421 g/mol. The molecule has 0 saturated carbocycles. The lowest BCUT2D eigenvalue weighted by Gasteiger charge is -2.46. The number of benzene rings is 2. The number of aromatic nitrogens is 2. The van der Waals surface area contributed by atoms with Crippen molar-refractivity contribution in [2.45, 2.75) is 57.0 Å². The highest BCUT2D eigenvalue weighted by Gasteiger charge is 2.39. The highest BCUT2D eigenvalue weighted by atomic mass is 19.1. The van der Waals surface area contributed by atoms with Crippen LogP contribution in [0.4, 0.5) is 8.78 Å². The molecule has 31 heavy (non-hydrogen) atoms. The minimum atomic E-state index is -0.306. The van der Waals surface area contributed by atoms with Crippen LogP contribution < -0.4 is 0 Å². The zero-order valence-corrected chi connectivity index (χ0v) is 17.3. The van der Waals surface area contributed by atoms with Gasteiger partial charge in [-0.25, -0.2) is 8.78 Å². The average molecular weight is 421 g/mol. The van der Waals surface area contributed by atoms with Gasteiger partial charge in [-0.3, -0.25) is 4.90 Å². The van der Waals surface area contributed by atoms with Crippen molar-refractivity contribution in [3.8, 4) is 0 Å². The molecule has 4 heterocycles. The summed E-state index contributed by atoms with van der Waals surface area (Å²) in [5.74, 6) is -0.423. The molecule has 6 rings (SSSR count). The second kappa shape index (κ2) is 7.45. The van der Waals surface area contributed by atoms with E-state index in [1.807, 2.05) is 6.07 Å². The number of aromatic amines is 1. The maximum Gasteiger partial charge on any atom is 0.170 e. The van der Waals surface area contributed by atoms with Crippen LogP contribution in [0.25, 0.3) is 21.9 Å². The smallest absolute Gasteiger partial charge is 0.170 e. The van der Waals surface area contributed by atoms with Crippen LogP contribution >= 0.6 is 0 Å². The van der Waals surface area contributed by atoms with Crippen LogP contribution in [0.15, 0.2) is 40.9 Å². The van der Waals surface area contributed by atoms with Crippen LogP contribution in [-0.4, -0.2) is 27.6 Å². The van der Waals surface area contributed by atoms with E-state index in [2.05, 4.69) is 15.0 Å². The number of nitrogens with one attached hydrogen (secondary N) is 1. The van der Waals surface area contributed by atoms with E-state index in [0.717, 1.165) is 60.6 Å². The Hall–Kier alpha value is -2.73. The zero-order chi connectivity index (χ0) is 20.9. The molecule has 4 aromatic rings. The molecule has 0 spiro atoms. The van der Waals surface area contributed by atoms with Gasteiger partial charge in [-0.05, 0) is 69.3 Å². The number of rotatable bonds is 5. The molecule has 0 radical (unpaired) electrons. The van der Waals surface area contributed by atoms with Crippen molar-refractivity contribution < 1.29 is 13.3 Å². The molecule has 0 amide bonds. The number of hydrogen-bond acceptors (Lipinski definition) is 3. The standard InChI is InChI=1S/C25H25F2N3O/c26-15-10-11-17-19(29-31-23(17)13-15)7-1-2-12-30-16-5-3-9-22(30)25-21(14-16)28-20-8-4-6-18(27)24(20)25/h4,6,8,10-11,13,16,22,28H,1-3,5,7,9,12,14H2. The topological polar surface area (TPSA) is 45.1 Å². The summed E-state index contributed by atoms with van der Waals surface area (Å²) in [7, 11) is 0. The van der Waals surface area contributed by atoms with Gasteiger partial charge in [0.1, 0.15) is 11.6 Å². The van der Waals surface area contributed by atoms with Crippen molar-refractivity contribution in [3.05, 3.63) is 65.0 Å². The molecule has 1 fully saturated rings. The van der Waals surface area contributed by atoms with Crippen molar-refractivity contribution in [1.29, 1.82) is 0 Å². The van der Waals surface area contributed by atoms with Crippen molar-refractivity contribution in [3.63, 3.8) is 0 Å². The molecule has 2 unspecified atom stereocenters. The highest BCUT2D eigenvalue weighted by Crippen LogP contribution is 2.45. The van der Waals surface area contributed by atoms with Gasteiger partial charge in [0.25, 0.3) is 0 Å². The lowest BCUT2D eigenvalue weighted by Crippen LogP contribution is -2.47. The number of aryl methyl sites for hydroxylation is 1. The molecule has 2 aliphatic rings. The molecule has 2 bridgehead atoms. The molecular formula is C25H25F2N3O. The number of piperidine rings is 1. The van der Waals surface area contributed by atoms with Gasteiger partial charge in [-0.15, -0.1) is 0 Å². The molecule has 2 aromatic heterocycles. The van der Waals surface area contributed by atoms with Gasteiger partial charge in [-0.2, -0.15) is 0 Å². The van der Waals surface area contributed by atoms with Crippen LogP contribution in [0.2, 0.25) is 0 Å². The third-order valence-electron chi connectivity index (χ3n) is 7.14. The highest BCUT2D eigenvalue weighted by molar-refractivity contribution is 5.86. The van der Waals surface area contributed by atoms with Crippen molar-refractivity contribution in [2.75, 3.05) is 6.54 Å². The van der Waals surface area contributed by atoms with Crippen LogP contribution in [-0.2, 0) is 12.8 Å². The lowest BCUT2D eigenvalue weighted by atomic mass is 9.82. The predicted octanol–water partition coefficient (Wildman–Crippen LogP) is 6.06. The quantitative estimate of drug-likeness (QED) is 0.398. The maximum absolute atomic E-state index is 14.7. The second-order valence-electron chi connectivity index (χ2n) is 8.95. The van der Waals surface area contributed by atoms with Gasteiger partial charge in [0.15, 0.2) is 5.58 Å². The lowest BCUT2D eigenvalue weighted by molar-refractivity contribution is 0.0675. The Morgan fingerprint density at radius 1 is 1.13 bits per heavy atom. The Morgan fingerprint density at radius 3 is 3.00 bits per heavy atom. The number of nitrogens with zero attached hydrogens (tertiary/aromatic N) is 2. The van der Waals surface area contributed by atoms with E-state index in [0.29, 0.717) is 17.7 Å². The summed E-state index contributed by atoms with van der Waals surface area (Å²) < 4.78 is 33.3. The van der Waals surface area contributed by atoms with Crippen LogP contribution in [0.1, 0.15) is 55.1 Å². The average Bonchev–Trinajstić information content (AvgIpc) is 3.32. The van der Waals surface area contributed by atoms with E-state index in [4.69, 9.17) is 4.52 Å². The van der Waals surface area contributed by atoms with E-state index in [1.165, 1.54) is 36.2 Å². The molecule has 1 N–H and O–H groups in total. The summed E-state index contributed by atoms with van der Waals surface area (Å²) >= 11 is 0. The predicted molar refractivity (Wildman–Crippen MR) is 116 cm³/mol. The molecule has 1 saturated heterocycles. The molecule has 2 atom stereocenters. The second-order valence-corrected chi connectivity index (χ2v) is 8.95. The minimum absolute atomic E-state index is 0.117. The van der Waals surface area contributed by atoms with E-state index >= 15 is 0 Å². The van der Waals surface area contributed by atoms with Gasteiger partial charge in [0, 0.05) is 52.1 Å². The normalized spacial score (nSPS) is 21.1. The maximum atomic E-state index is 14.7. The largest absolute Gasteiger partial charge is 0.358 e. The van der Waals surface area contributed by atoms with E-state index in [1.54, 1.807) is 18.2 Å². The fourth-order valence-corrected chi connectivity index (χ4v) is 5.78. The van der Waals surface area contributed by atoms with E-state index < -0.39 is 0 Å². The van der Waals surface area contributed by atoms with Crippen molar-refractivity contribution in [2.24, 2.45) is 0 Å². The summed E-state index contributed by atoms with van der Waals surface area (Å²) in [6.07, 6.45) is 7.31. The van der Waals surface area contributed by atoms with Crippen molar-refractivity contribution in [1.82, 2.24) is 15.0 Å². The van der Waals surface area contributed by atoms with Gasteiger partial charge in [0.2, 0.25) is 0 Å². The molecule has 6 heteroatoms. The van der Waals surface area contributed by atoms with E-state index in [9.17, 15) is 8.78 Å². The van der Waals surface area contributed by atoms with Crippen LogP contribution in [0, 0.1) is 11.6 Å². The van der Waals surface area contributed by atoms with E-state index in [-0.39, 0.29) is 11.6 Å². The first kappa shape index (κ1) is 19.0. The van der Waals surface area contributed by atoms with Crippen molar-refractivity contribution >= 4 is 21.9 Å². The summed E-state index contributed by atoms with van der Waals surface area (Å²) in [4.78, 5) is 6.11. The Labute approximate surface area is 179 Å². The zero-order valence-electron chi connectivity index (χ0n) is 17.3. The summed E-state index contributed by atoms with van der Waals surface area (Å²) in [6.45, 7) is 1.00. The number of halogens is 2. The summed E-state index contributed by atoms with van der Waals surface area (Å²) in [5, 5.41) is 5.83. The van der Waals surface area contributed by atoms with Gasteiger partial charge >= 0.3 is 0 Å². The fourth-order valence-electron chi connectivity index (χ4n) is 5.78. The third kappa shape index (κ3) is 3.16. The SMILES string of the molecule is Fc1ccc2c(CCCCN3C4CCCC3c3c([nH]c5cccc(F)c35)C4)noc2c1. The number of hydrogen-bond donors (Lipinski definition) is 1. The molecule has 4 nitrogen and oxygen atoms in total. The number of unbranched alkanes of at least 4 members (excludes halogenated alkanes) is 1. The molecule has 2 aromatic carbocycles. The first-order valence-electron chi connectivity index (χ1n) is 11.3. The molecule has 2 aliphatic heterocycles. The van der Waals surface area contributed by atoms with Crippen LogP contribution in [0.3, 0.4) is 0 Å². The summed E-state index contributed by atoms with van der Waals surface area (Å²) in [5.41, 5.74) is 4.75. The summed E-state index contributed by atoms with van der Waals surface area (Å²) in [6, 6.07) is 10.8. The van der Waals surface area contributed by atoms with Gasteiger partial charge in [0.05, 0.1) is 5.69 Å². The minimum Gasteiger partial charge on any atom is -0.358 e. The first-order valence-corrected chi connectivity index (χ1v) is 11.3. The van der Waals surface area contributed by atoms with Gasteiger partial charge in [-0.1, -0.05) is 11.2 Å². The Morgan fingerprint density at radius 2 is 2.06 bits per heavy atom.